The summed E-state index contributed by atoms with van der Waals surface area (Å²) in [5.41, 5.74) is 4.66. The van der Waals surface area contributed by atoms with E-state index in [1.54, 1.807) is 122 Å². The van der Waals surface area contributed by atoms with E-state index >= 15 is 0 Å². The Balaban J connectivity index is 1.97. The summed E-state index contributed by atoms with van der Waals surface area (Å²) in [7, 11) is 0. The van der Waals surface area contributed by atoms with Gasteiger partial charge in [-0.3, -0.25) is 14.4 Å². The molecule has 31 nitrogen and oxygen atoms in total. The van der Waals surface area contributed by atoms with Crippen LogP contribution in [0.4, 0.5) is 24.0 Å². The maximum Gasteiger partial charge on any atom is 0.408 e. The van der Waals surface area contributed by atoms with E-state index in [4.69, 9.17) is 56.8 Å². The number of hydrogen-bond acceptors (Lipinski definition) is 23. The molecule has 2 heterocycles. The summed E-state index contributed by atoms with van der Waals surface area (Å²) in [6.45, 7) is 25.2. The average molecular weight is 1270 g/mol. The lowest BCUT2D eigenvalue weighted by Gasteiger charge is -2.50. The van der Waals surface area contributed by atoms with Gasteiger partial charge in [0.25, 0.3) is 5.91 Å². The molecule has 0 aromatic heterocycles. The second-order valence-electron chi connectivity index (χ2n) is 26.4. The van der Waals surface area contributed by atoms with E-state index in [0.29, 0.717) is 0 Å². The third-order valence-corrected chi connectivity index (χ3v) is 12.5. The number of nitrogens with one attached hydrogen (secondary N) is 6. The number of ether oxygens (including phenoxy) is 12. The van der Waals surface area contributed by atoms with Gasteiger partial charge in [0.15, 0.2) is 30.9 Å². The Hall–Kier alpha value is -7.44. The Kier molecular flexibility index (Phi) is 26.5. The second kappa shape index (κ2) is 31.8. The first-order chi connectivity index (χ1) is 41.1. The smallest absolute Gasteiger partial charge is 0.408 e. The number of nitrogens with zero attached hydrogens (tertiary/aromatic N) is 3. The molecule has 3 fully saturated rings. The minimum absolute atomic E-state index is 0.0294. The summed E-state index contributed by atoms with van der Waals surface area (Å²) < 4.78 is 71.4. The molecule has 0 bridgehead atoms. The van der Waals surface area contributed by atoms with Crippen molar-refractivity contribution in [2.45, 2.75) is 257 Å². The SMILES string of the molecule is CC(=O)O[C@@H](CCNC(=O)OC(C)(C)C)C(=O)N[C@@H]1CC(NC(=O)OC(C)(C)C)C(O[C@H]2OC(CNC(=O)OC(C)(C)C)CCC2NC(=O)OC(C)(C)C)C(O)[C@H]1OC1OC(CN=[N+]=[N-])[C@@H](OC(=O)c2ccccc2)[C@H](NC(=O)OC(C)(C)C)[C@H]1OC(C)=O. The Bertz CT molecular complexity index is 2640. The van der Waals surface area contributed by atoms with Crippen molar-refractivity contribution in [2.24, 2.45) is 5.11 Å². The topological polar surface area (TPSA) is 406 Å². The van der Waals surface area contributed by atoms with Crippen molar-refractivity contribution in [1.82, 2.24) is 31.9 Å². The Morgan fingerprint density at radius 1 is 0.596 bits per heavy atom. The third-order valence-electron chi connectivity index (χ3n) is 12.5. The molecule has 1 aromatic rings. The number of alkyl carbamates (subject to hydrolysis) is 5. The number of esters is 3. The highest BCUT2D eigenvalue weighted by atomic mass is 16.7. The van der Waals surface area contributed by atoms with E-state index in [9.17, 15) is 53.8 Å². The quantitative estimate of drug-likeness (QED) is 0.0268. The largest absolute Gasteiger partial charge is 0.455 e. The van der Waals surface area contributed by atoms with Crippen molar-refractivity contribution in [2.75, 3.05) is 19.6 Å². The van der Waals surface area contributed by atoms with E-state index in [1.807, 2.05) is 0 Å². The fourth-order valence-electron chi connectivity index (χ4n) is 9.32. The molecule has 500 valence electrons. The van der Waals surface area contributed by atoms with Crippen LogP contribution in [-0.4, -0.2) is 193 Å². The lowest BCUT2D eigenvalue weighted by atomic mass is 9.83. The number of carbonyl (C=O) groups excluding carboxylic acids is 9. The first-order valence-corrected chi connectivity index (χ1v) is 29.2. The molecule has 14 atom stereocenters. The zero-order valence-corrected chi connectivity index (χ0v) is 53.8. The van der Waals surface area contributed by atoms with Gasteiger partial charge in [0, 0.05) is 38.3 Å². The number of rotatable bonds is 20. The summed E-state index contributed by atoms with van der Waals surface area (Å²) in [4.78, 5) is 124. The van der Waals surface area contributed by atoms with Crippen molar-refractivity contribution in [3.05, 3.63) is 46.3 Å². The molecule has 3 aliphatic rings. The van der Waals surface area contributed by atoms with Gasteiger partial charge in [-0.1, -0.05) is 23.3 Å². The highest BCUT2D eigenvalue weighted by Crippen LogP contribution is 2.36. The lowest BCUT2D eigenvalue weighted by molar-refractivity contribution is -0.313. The van der Waals surface area contributed by atoms with Gasteiger partial charge in [-0.2, -0.15) is 0 Å². The summed E-state index contributed by atoms with van der Waals surface area (Å²) in [6, 6.07) is 1.79. The predicted octanol–water partition coefficient (Wildman–Crippen LogP) is 5.75. The molecule has 2 aliphatic heterocycles. The molecular weight excluding hydrogens is 1170 g/mol. The monoisotopic (exact) mass is 1270 g/mol. The van der Waals surface area contributed by atoms with E-state index in [1.165, 1.54) is 12.1 Å². The number of aliphatic hydroxyl groups excluding tert-OH is 1. The van der Waals surface area contributed by atoms with Crippen LogP contribution < -0.4 is 31.9 Å². The number of azide groups is 1. The van der Waals surface area contributed by atoms with Crippen LogP contribution >= 0.6 is 0 Å². The van der Waals surface area contributed by atoms with Crippen LogP contribution in [0.3, 0.4) is 0 Å². The van der Waals surface area contributed by atoms with Crippen LogP contribution in [0.25, 0.3) is 10.4 Å². The Labute approximate surface area is 517 Å². The van der Waals surface area contributed by atoms with Crippen molar-refractivity contribution in [3.8, 4) is 0 Å². The predicted molar refractivity (Wildman–Crippen MR) is 312 cm³/mol. The van der Waals surface area contributed by atoms with Crippen LogP contribution in [0, 0.1) is 0 Å². The standard InChI is InChI=1S/C58H91N9O22/c1-30(68)78-37(25-26-60-49(73)85-54(3,4)5)45(71)63-35-27-36(65-52(76)88-57(12,13)14)42(83-47-34(64-51(75)87-56(9,10)11)24-23-33(80-47)28-61-50(74)86-55(6,7)8)40(70)41(35)84-48-44(79-31(2)69)39(66-53(77)89-58(15,16)17)43(38(81-48)29-62-67-59)82-46(72)32-21-19-18-20-22-32/h18-22,33-44,47-48,70H,23-29H2,1-17H3,(H,60,73)(H,61,74)(H,63,71)(H,64,75)(H,65,76)(H,66,77)/t33?,34?,35-,36?,37+,38?,39+,40?,41+,42?,43-,44-,47-,48?/m1/s1. The van der Waals surface area contributed by atoms with Gasteiger partial charge in [-0.15, -0.1) is 0 Å². The maximum atomic E-state index is 14.7. The van der Waals surface area contributed by atoms with Gasteiger partial charge in [0.1, 0.15) is 58.5 Å². The highest BCUT2D eigenvalue weighted by Gasteiger charge is 2.56. The molecular formula is C58H91N9O22. The second-order valence-corrected chi connectivity index (χ2v) is 26.4. The van der Waals surface area contributed by atoms with Gasteiger partial charge in [0.05, 0.1) is 36.3 Å². The molecule has 0 spiro atoms. The highest BCUT2D eigenvalue weighted by molar-refractivity contribution is 5.89. The molecule has 1 saturated carbocycles. The summed E-state index contributed by atoms with van der Waals surface area (Å²) in [6.07, 6.45) is -22.4. The van der Waals surface area contributed by atoms with Gasteiger partial charge in [-0.05, 0) is 141 Å². The fraction of sp³-hybridized carbons (Fsp3) is 0.741. The van der Waals surface area contributed by atoms with Crippen molar-refractivity contribution >= 4 is 54.3 Å². The van der Waals surface area contributed by atoms with Crippen LogP contribution in [0.15, 0.2) is 35.4 Å². The Morgan fingerprint density at radius 2 is 1.09 bits per heavy atom. The van der Waals surface area contributed by atoms with Gasteiger partial charge in [0.2, 0.25) is 0 Å². The van der Waals surface area contributed by atoms with E-state index in [-0.39, 0.29) is 37.9 Å². The maximum absolute atomic E-state index is 14.7. The molecule has 4 rings (SSSR count). The van der Waals surface area contributed by atoms with Gasteiger partial charge < -0.3 is 93.8 Å². The van der Waals surface area contributed by atoms with Crippen molar-refractivity contribution < 1.29 is 105 Å². The van der Waals surface area contributed by atoms with E-state index in [2.05, 4.69) is 41.9 Å². The number of amides is 6. The Morgan fingerprint density at radius 3 is 1.61 bits per heavy atom. The zero-order chi connectivity index (χ0) is 67.0. The number of aliphatic hydroxyl groups is 1. The molecule has 0 radical (unpaired) electrons. The minimum Gasteiger partial charge on any atom is -0.455 e. The van der Waals surface area contributed by atoms with Crippen molar-refractivity contribution in [1.29, 1.82) is 0 Å². The molecule has 7 N–H and O–H groups in total. The molecule has 1 aliphatic carbocycles. The number of hydrogen-bond donors (Lipinski definition) is 7. The lowest BCUT2D eigenvalue weighted by Crippen LogP contribution is -2.71. The third kappa shape index (κ3) is 26.3. The van der Waals surface area contributed by atoms with Crippen molar-refractivity contribution in [3.63, 3.8) is 0 Å². The average Bonchev–Trinajstić information content (AvgIpc) is 1.78. The number of carbonyl (C=O) groups is 9. The van der Waals surface area contributed by atoms with Gasteiger partial charge >= 0.3 is 48.4 Å². The molecule has 6 amide bonds. The summed E-state index contributed by atoms with van der Waals surface area (Å²) >= 11 is 0. The molecule has 31 heteroatoms. The minimum atomic E-state index is -2.14. The molecule has 89 heavy (non-hydrogen) atoms. The van der Waals surface area contributed by atoms with E-state index in [0.717, 1.165) is 13.8 Å². The van der Waals surface area contributed by atoms with Gasteiger partial charge in [-0.25, -0.2) is 28.8 Å². The van der Waals surface area contributed by atoms with E-state index < -0.39 is 181 Å². The molecule has 7 unspecified atom stereocenters. The first kappa shape index (κ1) is 74.0. The van der Waals surface area contributed by atoms with Crippen LogP contribution in [0.1, 0.15) is 154 Å². The normalized spacial score (nSPS) is 25.9. The molecule has 1 aromatic carbocycles. The summed E-state index contributed by atoms with van der Waals surface area (Å²) in [5, 5.41) is 32.8. The first-order valence-electron chi connectivity index (χ1n) is 29.2. The molecule has 2 saturated heterocycles. The zero-order valence-electron chi connectivity index (χ0n) is 53.8. The summed E-state index contributed by atoms with van der Waals surface area (Å²) in [5.74, 6) is -3.94. The van der Waals surface area contributed by atoms with Crippen LogP contribution in [0.5, 0.6) is 0 Å². The van der Waals surface area contributed by atoms with Crippen LogP contribution in [-0.2, 0) is 71.2 Å². The fourth-order valence-corrected chi connectivity index (χ4v) is 9.32. The van der Waals surface area contributed by atoms with Crippen LogP contribution in [0.2, 0.25) is 0 Å². The number of benzene rings is 1.